The van der Waals surface area contributed by atoms with Crippen LogP contribution in [0.15, 0.2) is 18.2 Å². The zero-order valence-electron chi connectivity index (χ0n) is 6.22. The minimum Gasteiger partial charge on any atom is -0.523 e. The summed E-state index contributed by atoms with van der Waals surface area (Å²) in [6.07, 6.45) is 0. The maximum absolute atomic E-state index is 4.91. The summed E-state index contributed by atoms with van der Waals surface area (Å²) in [7, 11) is 1.64. The molecule has 0 spiro atoms. The smallest absolute Gasteiger partial charge is 0.0743 e. The number of hydrogen-bond acceptors (Lipinski definition) is 1. The first kappa shape index (κ1) is 10.1. The molecule has 1 nitrogen and oxygen atoms in total. The molecule has 1 radical (unpaired) electrons. The van der Waals surface area contributed by atoms with Crippen LogP contribution in [0.3, 0.4) is 0 Å². The molecule has 0 amide bonds. The van der Waals surface area contributed by atoms with Crippen molar-refractivity contribution < 1.29 is 37.4 Å². The molecule has 0 N–H and O–H groups in total. The monoisotopic (exact) mass is 210 g/mol. The van der Waals surface area contributed by atoms with Crippen molar-refractivity contribution >= 4 is 0 Å². The first-order valence-corrected chi connectivity index (χ1v) is 2.85. The van der Waals surface area contributed by atoms with Crippen LogP contribution in [0, 0.1) is 13.0 Å². The van der Waals surface area contributed by atoms with Crippen LogP contribution < -0.4 is 4.74 Å². The third-order valence-corrected chi connectivity index (χ3v) is 1.16. The zero-order valence-corrected chi connectivity index (χ0v) is 9.06. The van der Waals surface area contributed by atoms with Crippen molar-refractivity contribution in [1.29, 1.82) is 0 Å². The van der Waals surface area contributed by atoms with Gasteiger partial charge in [-0.05, 0) is 0 Å². The Morgan fingerprint density at radius 3 is 2.50 bits per heavy atom. The number of rotatable bonds is 1. The molecule has 1 rings (SSSR count). The molecule has 0 bridgehead atoms. The number of benzene rings is 1. The fraction of sp³-hybridized carbons (Fsp3) is 0.250. The van der Waals surface area contributed by atoms with Crippen molar-refractivity contribution in [3.8, 4) is 5.75 Å². The Morgan fingerprint density at radius 2 is 2.10 bits per heavy atom. The molecule has 0 aromatic heterocycles. The van der Waals surface area contributed by atoms with Gasteiger partial charge in [-0.1, -0.05) is 6.92 Å². The predicted molar refractivity (Wildman–Crippen MR) is 36.6 cm³/mol. The van der Waals surface area contributed by atoms with Gasteiger partial charge < -0.3 is 4.74 Å². The third-order valence-electron chi connectivity index (χ3n) is 1.16. The van der Waals surface area contributed by atoms with Gasteiger partial charge in [-0.2, -0.15) is 17.7 Å². The summed E-state index contributed by atoms with van der Waals surface area (Å²) in [6.45, 7) is 2.02. The Balaban J connectivity index is 0.000000810. The number of aryl methyl sites for hydroxylation is 1. The van der Waals surface area contributed by atoms with Crippen molar-refractivity contribution in [2.75, 3.05) is 7.11 Å². The topological polar surface area (TPSA) is 9.23 Å². The average Bonchev–Trinajstić information content (AvgIpc) is 1.90. The Hall–Kier alpha value is 0.124. The fourth-order valence-corrected chi connectivity index (χ4v) is 0.615. The van der Waals surface area contributed by atoms with E-state index in [4.69, 9.17) is 4.74 Å². The van der Waals surface area contributed by atoms with Crippen LogP contribution in [0.5, 0.6) is 5.75 Å². The van der Waals surface area contributed by atoms with Crippen LogP contribution in [0.2, 0.25) is 0 Å². The third kappa shape index (κ3) is 2.80. The molecule has 1 aromatic rings. The summed E-state index contributed by atoms with van der Waals surface area (Å²) in [6, 6.07) is 8.76. The molecule has 0 saturated heterocycles. The maximum atomic E-state index is 4.91. The van der Waals surface area contributed by atoms with Crippen molar-refractivity contribution in [1.82, 2.24) is 0 Å². The summed E-state index contributed by atoms with van der Waals surface area (Å²) in [5.74, 6) is 0.792. The Bertz CT molecular complexity index is 181. The van der Waals surface area contributed by atoms with Gasteiger partial charge in [0.15, 0.2) is 0 Å². The first-order valence-electron chi connectivity index (χ1n) is 2.85. The molecule has 0 aliphatic heterocycles. The molecule has 0 aliphatic rings. The molecule has 10 heavy (non-hydrogen) atoms. The van der Waals surface area contributed by atoms with Gasteiger partial charge in [0.2, 0.25) is 0 Å². The summed E-state index contributed by atoms with van der Waals surface area (Å²) in [5.41, 5.74) is 1.20. The van der Waals surface area contributed by atoms with E-state index < -0.39 is 0 Å². The molecule has 2 heteroatoms. The van der Waals surface area contributed by atoms with Crippen LogP contribution in [0.4, 0.5) is 0 Å². The van der Waals surface area contributed by atoms with E-state index in [0.717, 1.165) is 5.75 Å². The van der Waals surface area contributed by atoms with E-state index in [2.05, 4.69) is 6.07 Å². The van der Waals surface area contributed by atoms with E-state index in [9.17, 15) is 0 Å². The van der Waals surface area contributed by atoms with E-state index in [0.29, 0.717) is 0 Å². The second-order valence-electron chi connectivity index (χ2n) is 1.93. The van der Waals surface area contributed by atoms with E-state index in [1.807, 2.05) is 25.1 Å². The number of methoxy groups -OCH3 is 1. The van der Waals surface area contributed by atoms with Gasteiger partial charge in [0.25, 0.3) is 0 Å². The van der Waals surface area contributed by atoms with Crippen LogP contribution in [-0.2, 0) is 32.7 Å². The molecular formula is C8H9OY-. The van der Waals surface area contributed by atoms with E-state index in [1.165, 1.54) is 5.56 Å². The quantitative estimate of drug-likeness (QED) is 0.642. The van der Waals surface area contributed by atoms with Gasteiger partial charge in [-0.15, -0.1) is 12.1 Å². The molecular weight excluding hydrogens is 201 g/mol. The van der Waals surface area contributed by atoms with Gasteiger partial charge in [0.1, 0.15) is 0 Å². The molecule has 51 valence electrons. The first-order chi connectivity index (χ1) is 4.33. The van der Waals surface area contributed by atoms with Gasteiger partial charge in [0, 0.05) is 38.5 Å². The maximum Gasteiger partial charge on any atom is 0.0743 e. The Labute approximate surface area is 86.7 Å². The molecule has 0 heterocycles. The Kier molecular flexibility index (Phi) is 4.93. The molecule has 0 atom stereocenters. The van der Waals surface area contributed by atoms with Crippen molar-refractivity contribution in [3.63, 3.8) is 0 Å². The van der Waals surface area contributed by atoms with Crippen LogP contribution in [0.25, 0.3) is 0 Å². The Morgan fingerprint density at radius 1 is 1.40 bits per heavy atom. The molecule has 0 fully saturated rings. The second kappa shape index (κ2) is 4.87. The van der Waals surface area contributed by atoms with Gasteiger partial charge in [0.05, 0.1) is 7.11 Å². The standard InChI is InChI=1S/C8H9O.Y/c1-7-3-5-8(9-2)6-4-7;/h3-5H,1-2H3;/q-1;. The second-order valence-corrected chi connectivity index (χ2v) is 1.93. The molecule has 1 aromatic carbocycles. The van der Waals surface area contributed by atoms with Crippen molar-refractivity contribution in [3.05, 3.63) is 29.8 Å². The normalized spacial score (nSPS) is 8.20. The zero-order chi connectivity index (χ0) is 6.69. The molecule has 0 saturated carbocycles. The van der Waals surface area contributed by atoms with E-state index >= 15 is 0 Å². The van der Waals surface area contributed by atoms with Gasteiger partial charge in [-0.25, -0.2) is 0 Å². The van der Waals surface area contributed by atoms with Crippen LogP contribution in [-0.4, -0.2) is 7.11 Å². The van der Waals surface area contributed by atoms with E-state index in [-0.39, 0.29) is 32.7 Å². The molecule has 0 unspecified atom stereocenters. The largest absolute Gasteiger partial charge is 0.523 e. The molecule has 0 aliphatic carbocycles. The van der Waals surface area contributed by atoms with Crippen LogP contribution in [0.1, 0.15) is 5.56 Å². The minimum atomic E-state index is 0. The summed E-state index contributed by atoms with van der Waals surface area (Å²) in [5, 5.41) is 0. The SMILES string of the molecule is COc1[c-]cc(C)cc1.[Y]. The summed E-state index contributed by atoms with van der Waals surface area (Å²) >= 11 is 0. The van der Waals surface area contributed by atoms with E-state index in [1.54, 1.807) is 7.11 Å². The predicted octanol–water partition coefficient (Wildman–Crippen LogP) is 1.80. The number of ether oxygens (including phenoxy) is 1. The van der Waals surface area contributed by atoms with Gasteiger partial charge in [-0.3, -0.25) is 0 Å². The average molecular weight is 210 g/mol. The summed E-state index contributed by atoms with van der Waals surface area (Å²) in [4.78, 5) is 0. The van der Waals surface area contributed by atoms with Crippen molar-refractivity contribution in [2.24, 2.45) is 0 Å². The fourth-order valence-electron chi connectivity index (χ4n) is 0.615. The number of hydrogen-bond donors (Lipinski definition) is 0. The summed E-state index contributed by atoms with van der Waals surface area (Å²) < 4.78 is 4.91. The van der Waals surface area contributed by atoms with Crippen LogP contribution >= 0.6 is 0 Å². The van der Waals surface area contributed by atoms with Crippen molar-refractivity contribution in [2.45, 2.75) is 6.92 Å². The minimum absolute atomic E-state index is 0. The van der Waals surface area contributed by atoms with Gasteiger partial charge >= 0.3 is 0 Å².